The number of nitrogens with one attached hydrogen (secondary N) is 1. The average Bonchev–Trinajstić information content (AvgIpc) is 3.12. The van der Waals surface area contributed by atoms with Gasteiger partial charge in [-0.3, -0.25) is 0 Å². The van der Waals surface area contributed by atoms with Gasteiger partial charge < -0.3 is 10.2 Å². The second-order valence-electron chi connectivity index (χ2n) is 8.35. The van der Waals surface area contributed by atoms with Crippen LogP contribution >= 0.6 is 11.6 Å². The van der Waals surface area contributed by atoms with Crippen molar-refractivity contribution >= 4 is 23.3 Å². The van der Waals surface area contributed by atoms with Crippen LogP contribution in [-0.2, 0) is 13.0 Å². The summed E-state index contributed by atoms with van der Waals surface area (Å²) < 4.78 is 66.7. The summed E-state index contributed by atoms with van der Waals surface area (Å²) in [6.07, 6.45) is -1.33. The van der Waals surface area contributed by atoms with Gasteiger partial charge in [0.2, 0.25) is 0 Å². The Hall–Kier alpha value is -2.17. The maximum Gasteiger partial charge on any atom is 0.410 e. The van der Waals surface area contributed by atoms with E-state index in [0.29, 0.717) is 36.2 Å². The van der Waals surface area contributed by atoms with Crippen LogP contribution in [0.5, 0.6) is 0 Å². The summed E-state index contributed by atoms with van der Waals surface area (Å²) >= 11 is 6.17. The number of alkyl halides is 5. The number of nitrogens with zero attached hydrogens (tertiary/aromatic N) is 4. The van der Waals surface area contributed by atoms with Crippen LogP contribution in [0.15, 0.2) is 12.3 Å². The summed E-state index contributed by atoms with van der Waals surface area (Å²) in [5.74, 6) is -3.38. The molecule has 1 saturated heterocycles. The molecule has 3 atom stereocenters. The van der Waals surface area contributed by atoms with Gasteiger partial charge >= 0.3 is 12.2 Å². The molecule has 2 saturated carbocycles. The summed E-state index contributed by atoms with van der Waals surface area (Å²) in [7, 11) is 0. The molecule has 30 heavy (non-hydrogen) atoms. The Labute approximate surface area is 172 Å². The minimum Gasteiger partial charge on any atom is -0.324 e. The third-order valence-corrected chi connectivity index (χ3v) is 6.63. The lowest BCUT2D eigenvalue weighted by molar-refractivity contribution is -0.149. The van der Waals surface area contributed by atoms with Gasteiger partial charge in [0.15, 0.2) is 10.8 Å². The number of rotatable bonds is 4. The lowest BCUT2D eigenvalue weighted by Crippen LogP contribution is -2.40. The molecule has 1 aliphatic heterocycles. The number of aromatic nitrogens is 3. The molecule has 2 unspecified atom stereocenters. The fourth-order valence-electron chi connectivity index (χ4n) is 4.69. The summed E-state index contributed by atoms with van der Waals surface area (Å²) in [5.41, 5.74) is 1.51. The van der Waals surface area contributed by atoms with Gasteiger partial charge in [0.05, 0.1) is 25.0 Å². The van der Waals surface area contributed by atoms with E-state index in [2.05, 4.69) is 10.1 Å². The molecule has 2 aromatic heterocycles. The van der Waals surface area contributed by atoms with Crippen molar-refractivity contribution in [2.75, 3.05) is 6.54 Å². The van der Waals surface area contributed by atoms with Crippen molar-refractivity contribution < 1.29 is 26.7 Å². The number of hydrogen-bond donors (Lipinski definition) is 1. The Morgan fingerprint density at radius 3 is 2.60 bits per heavy atom. The standard InChI is InChI=1S/C18H17ClF5N5O/c19-15-9(5-28-7-13(18(22,23)24)26-16(28)30)4-14-25-10(6-29(14)27-15)1-8-2-11-12(3-8)17(11,20)21/h4,6,8,11-13H,1-3,5,7H2,(H,26,30)/t8?,11?,12?,13-/m0/s1. The van der Waals surface area contributed by atoms with Crippen molar-refractivity contribution in [2.45, 2.75) is 43.9 Å². The molecule has 162 valence electrons. The van der Waals surface area contributed by atoms with Gasteiger partial charge in [0, 0.05) is 17.4 Å². The van der Waals surface area contributed by atoms with Gasteiger partial charge in [-0.25, -0.2) is 23.1 Å². The van der Waals surface area contributed by atoms with E-state index in [-0.39, 0.29) is 17.6 Å². The highest BCUT2D eigenvalue weighted by Gasteiger charge is 2.71. The lowest BCUT2D eigenvalue weighted by atomic mass is 9.97. The fourth-order valence-corrected chi connectivity index (χ4v) is 4.89. The summed E-state index contributed by atoms with van der Waals surface area (Å²) in [5, 5.41) is 6.13. The molecule has 0 aromatic carbocycles. The highest BCUT2D eigenvalue weighted by Crippen LogP contribution is 2.65. The van der Waals surface area contributed by atoms with E-state index in [1.165, 1.54) is 4.52 Å². The molecule has 0 radical (unpaired) electrons. The molecule has 5 rings (SSSR count). The molecule has 2 aliphatic carbocycles. The van der Waals surface area contributed by atoms with Crippen LogP contribution in [-0.4, -0.2) is 50.2 Å². The normalized spacial score (nSPS) is 30.1. The van der Waals surface area contributed by atoms with Crippen molar-refractivity contribution in [1.82, 2.24) is 24.8 Å². The molecule has 3 fully saturated rings. The smallest absolute Gasteiger partial charge is 0.324 e. The SMILES string of the molecule is O=C1N[C@H](C(F)(F)F)CN1Cc1cc2nc(CC3CC4C(C3)C4(F)F)cn2nc1Cl. The van der Waals surface area contributed by atoms with E-state index in [1.807, 2.05) is 5.32 Å². The number of fused-ring (bicyclic) bond motifs is 2. The zero-order valence-corrected chi connectivity index (χ0v) is 16.2. The van der Waals surface area contributed by atoms with Crippen LogP contribution in [0.1, 0.15) is 24.1 Å². The predicted molar refractivity (Wildman–Crippen MR) is 95.1 cm³/mol. The second kappa shape index (κ2) is 6.41. The Morgan fingerprint density at radius 2 is 1.97 bits per heavy atom. The largest absolute Gasteiger partial charge is 0.410 e. The first-order valence-electron chi connectivity index (χ1n) is 9.56. The van der Waals surface area contributed by atoms with Crippen molar-refractivity contribution in [1.29, 1.82) is 0 Å². The molecular weight excluding hydrogens is 433 g/mol. The van der Waals surface area contributed by atoms with Gasteiger partial charge in [-0.05, 0) is 31.2 Å². The Balaban J connectivity index is 1.29. The van der Waals surface area contributed by atoms with Gasteiger partial charge in [-0.1, -0.05) is 11.6 Å². The number of hydrogen-bond acceptors (Lipinski definition) is 3. The third-order valence-electron chi connectivity index (χ3n) is 6.31. The topological polar surface area (TPSA) is 62.5 Å². The van der Waals surface area contributed by atoms with Gasteiger partial charge in [0.25, 0.3) is 5.92 Å². The van der Waals surface area contributed by atoms with Crippen molar-refractivity contribution in [3.05, 3.63) is 28.7 Å². The first kappa shape index (κ1) is 19.8. The van der Waals surface area contributed by atoms with Crippen LogP contribution in [0.2, 0.25) is 5.15 Å². The monoisotopic (exact) mass is 449 g/mol. The summed E-state index contributed by atoms with van der Waals surface area (Å²) in [6, 6.07) is -1.18. The Kier molecular flexibility index (Phi) is 4.23. The second-order valence-corrected chi connectivity index (χ2v) is 8.71. The van der Waals surface area contributed by atoms with E-state index in [1.54, 1.807) is 12.3 Å². The van der Waals surface area contributed by atoms with E-state index in [9.17, 15) is 26.7 Å². The fraction of sp³-hybridized carbons (Fsp3) is 0.611. The van der Waals surface area contributed by atoms with Crippen molar-refractivity contribution in [3.63, 3.8) is 0 Å². The lowest BCUT2D eigenvalue weighted by Gasteiger charge is -2.16. The molecule has 1 N–H and O–H groups in total. The molecule has 2 amide bonds. The molecule has 0 bridgehead atoms. The van der Waals surface area contributed by atoms with Gasteiger partial charge in [0.1, 0.15) is 6.04 Å². The number of amides is 2. The summed E-state index contributed by atoms with van der Waals surface area (Å²) in [4.78, 5) is 17.3. The van der Waals surface area contributed by atoms with E-state index < -0.39 is 42.6 Å². The van der Waals surface area contributed by atoms with Crippen LogP contribution in [0, 0.1) is 17.8 Å². The number of carbonyl (C=O) groups is 1. The molecule has 0 spiro atoms. The minimum absolute atomic E-state index is 0.0523. The predicted octanol–water partition coefficient (Wildman–Crippen LogP) is 3.67. The maximum atomic E-state index is 13.4. The quantitative estimate of drug-likeness (QED) is 0.724. The van der Waals surface area contributed by atoms with Crippen LogP contribution in [0.4, 0.5) is 26.7 Å². The van der Waals surface area contributed by atoms with E-state index in [4.69, 9.17) is 11.6 Å². The zero-order chi connectivity index (χ0) is 21.4. The number of urea groups is 1. The average molecular weight is 450 g/mol. The number of imidazole rings is 1. The van der Waals surface area contributed by atoms with Crippen LogP contribution < -0.4 is 5.32 Å². The Morgan fingerprint density at radius 1 is 1.27 bits per heavy atom. The minimum atomic E-state index is -4.53. The third kappa shape index (κ3) is 3.27. The molecule has 3 aliphatic rings. The van der Waals surface area contributed by atoms with Gasteiger partial charge in [-0.15, -0.1) is 0 Å². The molecule has 2 aromatic rings. The van der Waals surface area contributed by atoms with Crippen molar-refractivity contribution in [3.8, 4) is 0 Å². The maximum absolute atomic E-state index is 13.4. The molecule has 3 heterocycles. The Bertz CT molecular complexity index is 1010. The van der Waals surface area contributed by atoms with E-state index in [0.717, 1.165) is 4.90 Å². The molecule has 12 heteroatoms. The van der Waals surface area contributed by atoms with Crippen molar-refractivity contribution in [2.24, 2.45) is 17.8 Å². The number of carbonyl (C=O) groups excluding carboxylic acids is 1. The number of halogens is 6. The van der Waals surface area contributed by atoms with E-state index >= 15 is 0 Å². The van der Waals surface area contributed by atoms with Crippen LogP contribution in [0.25, 0.3) is 5.65 Å². The van der Waals surface area contributed by atoms with Gasteiger partial charge in [-0.2, -0.15) is 18.3 Å². The first-order valence-corrected chi connectivity index (χ1v) is 9.94. The zero-order valence-electron chi connectivity index (χ0n) is 15.5. The summed E-state index contributed by atoms with van der Waals surface area (Å²) in [6.45, 7) is -0.651. The highest BCUT2D eigenvalue weighted by atomic mass is 35.5. The molecular formula is C18H17ClF5N5O. The van der Waals surface area contributed by atoms with Crippen LogP contribution in [0.3, 0.4) is 0 Å². The molecule has 6 nitrogen and oxygen atoms in total. The highest BCUT2D eigenvalue weighted by molar-refractivity contribution is 6.30. The first-order chi connectivity index (χ1) is 14.0.